The van der Waals surface area contributed by atoms with Crippen LogP contribution in [0.1, 0.15) is 27.3 Å². The lowest BCUT2D eigenvalue weighted by Gasteiger charge is -2.17. The van der Waals surface area contributed by atoms with Crippen LogP contribution in [-0.2, 0) is 4.79 Å². The number of pyridine rings is 1. The zero-order valence-corrected chi connectivity index (χ0v) is 13.0. The second-order valence-electron chi connectivity index (χ2n) is 5.49. The number of aromatic nitrogens is 1. The SMILES string of the molecule is O=C(N[C@@H]1CCN(c2ccccc2F)C1=O)c1ccc(C(=O)O)nc1. The van der Waals surface area contributed by atoms with Crippen molar-refractivity contribution in [3.05, 3.63) is 59.7 Å². The number of aromatic carboxylic acids is 1. The minimum atomic E-state index is -1.20. The number of nitrogens with one attached hydrogen (secondary N) is 1. The van der Waals surface area contributed by atoms with Gasteiger partial charge in [0, 0.05) is 12.7 Å². The zero-order chi connectivity index (χ0) is 18.0. The highest BCUT2D eigenvalue weighted by atomic mass is 19.1. The lowest BCUT2D eigenvalue weighted by Crippen LogP contribution is -2.41. The number of hydrogen-bond acceptors (Lipinski definition) is 4. The van der Waals surface area contributed by atoms with Crippen molar-refractivity contribution in [1.82, 2.24) is 10.3 Å². The molecule has 25 heavy (non-hydrogen) atoms. The summed E-state index contributed by atoms with van der Waals surface area (Å²) in [5, 5.41) is 11.4. The normalized spacial score (nSPS) is 16.8. The highest BCUT2D eigenvalue weighted by Gasteiger charge is 2.34. The predicted octanol–water partition coefficient (Wildman–Crippen LogP) is 1.45. The third-order valence-electron chi connectivity index (χ3n) is 3.90. The van der Waals surface area contributed by atoms with Crippen LogP contribution in [-0.4, -0.2) is 40.5 Å². The molecule has 1 aliphatic heterocycles. The van der Waals surface area contributed by atoms with Crippen molar-refractivity contribution in [1.29, 1.82) is 0 Å². The van der Waals surface area contributed by atoms with Crippen molar-refractivity contribution < 1.29 is 23.9 Å². The van der Waals surface area contributed by atoms with Gasteiger partial charge in [0.25, 0.3) is 5.91 Å². The van der Waals surface area contributed by atoms with E-state index in [1.54, 1.807) is 6.07 Å². The fourth-order valence-corrected chi connectivity index (χ4v) is 2.62. The maximum atomic E-state index is 13.8. The average molecular weight is 343 g/mol. The first kappa shape index (κ1) is 16.6. The Morgan fingerprint density at radius 2 is 2.00 bits per heavy atom. The molecule has 7 nitrogen and oxygen atoms in total. The Morgan fingerprint density at radius 1 is 1.24 bits per heavy atom. The van der Waals surface area contributed by atoms with Crippen LogP contribution in [0.15, 0.2) is 42.6 Å². The van der Waals surface area contributed by atoms with E-state index in [9.17, 15) is 18.8 Å². The van der Waals surface area contributed by atoms with Gasteiger partial charge in [-0.1, -0.05) is 12.1 Å². The van der Waals surface area contributed by atoms with Crippen molar-refractivity contribution in [3.8, 4) is 0 Å². The number of para-hydroxylation sites is 1. The summed E-state index contributed by atoms with van der Waals surface area (Å²) in [6.07, 6.45) is 1.48. The van der Waals surface area contributed by atoms with Gasteiger partial charge in [-0.05, 0) is 30.7 Å². The molecule has 2 heterocycles. The molecule has 0 bridgehead atoms. The number of carbonyl (C=O) groups is 3. The number of benzene rings is 1. The molecule has 0 spiro atoms. The minimum Gasteiger partial charge on any atom is -0.477 e. The molecule has 128 valence electrons. The third-order valence-corrected chi connectivity index (χ3v) is 3.90. The van der Waals surface area contributed by atoms with Crippen LogP contribution in [0.3, 0.4) is 0 Å². The first-order valence-electron chi connectivity index (χ1n) is 7.53. The van der Waals surface area contributed by atoms with E-state index in [-0.39, 0.29) is 16.9 Å². The van der Waals surface area contributed by atoms with Gasteiger partial charge in [-0.2, -0.15) is 0 Å². The van der Waals surface area contributed by atoms with Crippen LogP contribution >= 0.6 is 0 Å². The lowest BCUT2D eigenvalue weighted by molar-refractivity contribution is -0.118. The maximum Gasteiger partial charge on any atom is 0.354 e. The number of amides is 2. The number of rotatable bonds is 4. The molecule has 1 aliphatic rings. The van der Waals surface area contributed by atoms with Crippen LogP contribution in [0, 0.1) is 5.82 Å². The molecule has 1 fully saturated rings. The standard InChI is InChI=1S/C17H14FN3O4/c18-11-3-1-2-4-14(11)21-8-7-12(16(21)23)20-15(22)10-5-6-13(17(24)25)19-9-10/h1-6,9,12H,7-8H2,(H,20,22)(H,24,25)/t12-/m1/s1. The molecule has 1 saturated heterocycles. The molecule has 0 saturated carbocycles. The summed E-state index contributed by atoms with van der Waals surface area (Å²) in [6, 6.07) is 7.70. The molecule has 0 radical (unpaired) electrons. The summed E-state index contributed by atoms with van der Waals surface area (Å²) in [5.41, 5.74) is 0.137. The summed E-state index contributed by atoms with van der Waals surface area (Å²) >= 11 is 0. The van der Waals surface area contributed by atoms with Gasteiger partial charge in [0.05, 0.1) is 11.3 Å². The van der Waals surface area contributed by atoms with Crippen molar-refractivity contribution in [2.45, 2.75) is 12.5 Å². The highest BCUT2D eigenvalue weighted by molar-refractivity contribution is 6.04. The van der Waals surface area contributed by atoms with Gasteiger partial charge in [-0.25, -0.2) is 14.2 Å². The van der Waals surface area contributed by atoms with Crippen LogP contribution < -0.4 is 10.2 Å². The van der Waals surface area contributed by atoms with Gasteiger partial charge in [0.15, 0.2) is 0 Å². The Bertz CT molecular complexity index is 838. The summed E-state index contributed by atoms with van der Waals surface area (Å²) in [6.45, 7) is 0.293. The van der Waals surface area contributed by atoms with Crippen LogP contribution in [0.2, 0.25) is 0 Å². The van der Waals surface area contributed by atoms with Crippen LogP contribution in [0.25, 0.3) is 0 Å². The van der Waals surface area contributed by atoms with Crippen LogP contribution in [0.5, 0.6) is 0 Å². The first-order chi connectivity index (χ1) is 12.0. The quantitative estimate of drug-likeness (QED) is 0.875. The molecule has 8 heteroatoms. The van der Waals surface area contributed by atoms with E-state index in [1.165, 1.54) is 35.2 Å². The zero-order valence-electron chi connectivity index (χ0n) is 13.0. The van der Waals surface area contributed by atoms with E-state index >= 15 is 0 Å². The molecule has 0 aliphatic carbocycles. The van der Waals surface area contributed by atoms with E-state index in [0.29, 0.717) is 13.0 Å². The molecule has 2 N–H and O–H groups in total. The Hall–Kier alpha value is -3.29. The van der Waals surface area contributed by atoms with Crippen LogP contribution in [0.4, 0.5) is 10.1 Å². The Labute approximate surface area is 142 Å². The molecule has 3 rings (SSSR count). The van der Waals surface area contributed by atoms with Gasteiger partial charge >= 0.3 is 5.97 Å². The molecular formula is C17H14FN3O4. The topological polar surface area (TPSA) is 99.6 Å². The molecule has 1 aromatic carbocycles. The van der Waals surface area contributed by atoms with E-state index in [2.05, 4.69) is 10.3 Å². The molecular weight excluding hydrogens is 329 g/mol. The first-order valence-corrected chi connectivity index (χ1v) is 7.53. The van der Waals surface area contributed by atoms with E-state index < -0.39 is 29.6 Å². The third kappa shape index (κ3) is 3.32. The van der Waals surface area contributed by atoms with Crippen molar-refractivity contribution >= 4 is 23.5 Å². The number of anilines is 1. The Kier molecular flexibility index (Phi) is 4.42. The second-order valence-corrected chi connectivity index (χ2v) is 5.49. The fourth-order valence-electron chi connectivity index (χ4n) is 2.62. The summed E-state index contributed by atoms with van der Waals surface area (Å²) < 4.78 is 13.8. The molecule has 2 amide bonds. The minimum absolute atomic E-state index is 0.141. The monoisotopic (exact) mass is 343 g/mol. The Balaban J connectivity index is 1.69. The van der Waals surface area contributed by atoms with Gasteiger partial charge in [0.1, 0.15) is 17.6 Å². The van der Waals surface area contributed by atoms with Gasteiger partial charge in [0.2, 0.25) is 5.91 Å². The molecule has 1 atom stereocenters. The number of hydrogen-bond donors (Lipinski definition) is 2. The summed E-state index contributed by atoms with van der Waals surface area (Å²) in [5.74, 6) is -2.64. The molecule has 0 unspecified atom stereocenters. The number of halogens is 1. The van der Waals surface area contributed by atoms with Gasteiger partial charge < -0.3 is 15.3 Å². The smallest absolute Gasteiger partial charge is 0.354 e. The van der Waals surface area contributed by atoms with Gasteiger partial charge in [-0.3, -0.25) is 9.59 Å². The van der Waals surface area contributed by atoms with Crippen molar-refractivity contribution in [2.24, 2.45) is 0 Å². The summed E-state index contributed by atoms with van der Waals surface area (Å²) in [4.78, 5) is 40.3. The molecule has 2 aromatic rings. The number of nitrogens with zero attached hydrogens (tertiary/aromatic N) is 2. The fraction of sp³-hybridized carbons (Fsp3) is 0.176. The number of carboxylic acids is 1. The second kappa shape index (κ2) is 6.68. The van der Waals surface area contributed by atoms with E-state index in [1.807, 2.05) is 0 Å². The average Bonchev–Trinajstić information content (AvgIpc) is 2.96. The largest absolute Gasteiger partial charge is 0.477 e. The lowest BCUT2D eigenvalue weighted by atomic mass is 10.2. The predicted molar refractivity (Wildman–Crippen MR) is 85.8 cm³/mol. The molecule has 1 aromatic heterocycles. The van der Waals surface area contributed by atoms with E-state index in [4.69, 9.17) is 5.11 Å². The van der Waals surface area contributed by atoms with Gasteiger partial charge in [-0.15, -0.1) is 0 Å². The highest BCUT2D eigenvalue weighted by Crippen LogP contribution is 2.24. The number of carbonyl (C=O) groups excluding carboxylic acids is 2. The summed E-state index contributed by atoms with van der Waals surface area (Å²) in [7, 11) is 0. The van der Waals surface area contributed by atoms with E-state index in [0.717, 1.165) is 6.20 Å². The Morgan fingerprint density at radius 3 is 2.64 bits per heavy atom. The maximum absolute atomic E-state index is 13.8. The van der Waals surface area contributed by atoms with Crippen molar-refractivity contribution in [2.75, 3.05) is 11.4 Å². The number of carboxylic acid groups (broad SMARTS) is 1. The van der Waals surface area contributed by atoms with Crippen molar-refractivity contribution in [3.63, 3.8) is 0 Å².